The van der Waals surface area contributed by atoms with Crippen LogP contribution in [0.1, 0.15) is 18.7 Å². The highest BCUT2D eigenvalue weighted by atomic mass is 35.5. The van der Waals surface area contributed by atoms with Crippen LogP contribution in [-0.2, 0) is 25.5 Å². The van der Waals surface area contributed by atoms with Crippen LogP contribution in [0.5, 0.6) is 0 Å². The Morgan fingerprint density at radius 2 is 2.13 bits per heavy atom. The zero-order valence-electron chi connectivity index (χ0n) is 12.0. The summed E-state index contributed by atoms with van der Waals surface area (Å²) >= 11 is 5.82. The molecular weight excluding hydrogens is 324 g/mol. The van der Waals surface area contributed by atoms with E-state index in [1.165, 1.54) is 0 Å². The summed E-state index contributed by atoms with van der Waals surface area (Å²) < 4.78 is 14.9. The molecule has 1 aliphatic heterocycles. The Hall–Kier alpha value is -2.41. The average Bonchev–Trinajstić information content (AvgIpc) is 3.16. The Morgan fingerprint density at radius 3 is 2.83 bits per heavy atom. The molecule has 120 valence electrons. The lowest BCUT2D eigenvalue weighted by molar-refractivity contribution is -0.160. The number of hydrogen-bond donors (Lipinski definition) is 0. The first-order valence-corrected chi connectivity index (χ1v) is 7.44. The second kappa shape index (κ2) is 6.78. The van der Waals surface area contributed by atoms with Crippen LogP contribution in [0.15, 0.2) is 28.8 Å². The number of rotatable bonds is 5. The van der Waals surface area contributed by atoms with Crippen molar-refractivity contribution in [1.29, 1.82) is 0 Å². The molecular formula is C15H13ClN2O5. The maximum Gasteiger partial charge on any atom is 0.347 e. The number of hydrogen-bond acceptors (Lipinski definition) is 7. The number of carbonyl (C=O) groups is 2. The van der Waals surface area contributed by atoms with Gasteiger partial charge in [-0.2, -0.15) is 4.98 Å². The van der Waals surface area contributed by atoms with E-state index >= 15 is 0 Å². The minimum Gasteiger partial charge on any atom is -0.463 e. The largest absolute Gasteiger partial charge is 0.463 e. The zero-order valence-corrected chi connectivity index (χ0v) is 12.8. The van der Waals surface area contributed by atoms with Crippen LogP contribution in [-0.4, -0.2) is 34.8 Å². The summed E-state index contributed by atoms with van der Waals surface area (Å²) in [6, 6.07) is 7.00. The summed E-state index contributed by atoms with van der Waals surface area (Å²) in [5, 5.41) is 4.47. The minimum atomic E-state index is -0.796. The molecule has 0 bridgehead atoms. The normalized spacial score (nSPS) is 17.1. The molecule has 0 radical (unpaired) electrons. The predicted octanol–water partition coefficient (Wildman–Crippen LogP) is 2.18. The second-order valence-electron chi connectivity index (χ2n) is 4.95. The van der Waals surface area contributed by atoms with Crippen molar-refractivity contribution in [3.8, 4) is 11.4 Å². The summed E-state index contributed by atoms with van der Waals surface area (Å²) in [5.41, 5.74) is 0.765. The Morgan fingerprint density at radius 1 is 1.35 bits per heavy atom. The molecule has 3 rings (SSSR count). The first kappa shape index (κ1) is 15.5. The lowest BCUT2D eigenvalue weighted by Gasteiger charge is -2.06. The highest BCUT2D eigenvalue weighted by molar-refractivity contribution is 6.30. The molecule has 0 spiro atoms. The van der Waals surface area contributed by atoms with E-state index in [0.29, 0.717) is 23.2 Å². The summed E-state index contributed by atoms with van der Waals surface area (Å²) in [5.74, 6) is -0.258. The van der Waals surface area contributed by atoms with Crippen LogP contribution in [0.4, 0.5) is 0 Å². The van der Waals surface area contributed by atoms with Gasteiger partial charge in [0.1, 0.15) is 0 Å². The number of aryl methyl sites for hydroxylation is 1. The van der Waals surface area contributed by atoms with Gasteiger partial charge < -0.3 is 14.0 Å². The van der Waals surface area contributed by atoms with Gasteiger partial charge in [0.2, 0.25) is 17.8 Å². The predicted molar refractivity (Wildman–Crippen MR) is 78.5 cm³/mol. The van der Waals surface area contributed by atoms with E-state index in [2.05, 4.69) is 10.1 Å². The molecule has 1 aliphatic rings. The first-order valence-electron chi connectivity index (χ1n) is 7.06. The van der Waals surface area contributed by atoms with Crippen LogP contribution in [0.2, 0.25) is 5.02 Å². The van der Waals surface area contributed by atoms with Gasteiger partial charge >= 0.3 is 11.9 Å². The number of halogens is 1. The van der Waals surface area contributed by atoms with Gasteiger partial charge in [-0.15, -0.1) is 0 Å². The van der Waals surface area contributed by atoms with Gasteiger partial charge in [0.05, 0.1) is 13.0 Å². The Labute approximate surface area is 136 Å². The second-order valence-corrected chi connectivity index (χ2v) is 5.39. The number of benzene rings is 1. The molecule has 0 saturated carbocycles. The molecule has 0 aliphatic carbocycles. The topological polar surface area (TPSA) is 91.5 Å². The molecule has 1 aromatic heterocycles. The van der Waals surface area contributed by atoms with Crippen LogP contribution in [0.3, 0.4) is 0 Å². The van der Waals surface area contributed by atoms with Crippen molar-refractivity contribution in [1.82, 2.24) is 10.1 Å². The molecule has 0 N–H and O–H groups in total. The highest BCUT2D eigenvalue weighted by Gasteiger charge is 2.30. The van der Waals surface area contributed by atoms with Crippen LogP contribution in [0, 0.1) is 0 Å². The summed E-state index contributed by atoms with van der Waals surface area (Å²) in [6.45, 7) is 0.283. The van der Waals surface area contributed by atoms with Gasteiger partial charge in [-0.25, -0.2) is 4.79 Å². The standard InChI is InChI=1S/C15H13ClN2O5/c16-10-3-1-9(2-4-10)14-17-12(23-18-14)5-6-13(19)22-11-7-8-21-15(11)20/h1-4,11H,5-8H2. The van der Waals surface area contributed by atoms with E-state index in [-0.39, 0.29) is 19.4 Å². The maximum absolute atomic E-state index is 11.7. The van der Waals surface area contributed by atoms with E-state index in [1.807, 2.05) is 0 Å². The highest BCUT2D eigenvalue weighted by Crippen LogP contribution is 2.19. The van der Waals surface area contributed by atoms with Gasteiger partial charge in [-0.3, -0.25) is 4.79 Å². The van der Waals surface area contributed by atoms with E-state index in [9.17, 15) is 9.59 Å². The fraction of sp³-hybridized carbons (Fsp3) is 0.333. The van der Waals surface area contributed by atoms with Crippen LogP contribution in [0.25, 0.3) is 11.4 Å². The Balaban J connectivity index is 1.53. The third kappa shape index (κ3) is 3.87. The zero-order chi connectivity index (χ0) is 16.2. The molecule has 2 aromatic rings. The molecule has 23 heavy (non-hydrogen) atoms. The molecule has 2 heterocycles. The number of carbonyl (C=O) groups excluding carboxylic acids is 2. The minimum absolute atomic E-state index is 0.0476. The van der Waals surface area contributed by atoms with Crippen molar-refractivity contribution < 1.29 is 23.6 Å². The van der Waals surface area contributed by atoms with Crippen molar-refractivity contribution in [2.24, 2.45) is 0 Å². The lowest BCUT2D eigenvalue weighted by Crippen LogP contribution is -2.22. The summed E-state index contributed by atoms with van der Waals surface area (Å²) in [4.78, 5) is 27.1. The number of ether oxygens (including phenoxy) is 2. The van der Waals surface area contributed by atoms with Gasteiger partial charge in [-0.05, 0) is 24.3 Å². The van der Waals surface area contributed by atoms with E-state index in [0.717, 1.165) is 5.56 Å². The van der Waals surface area contributed by atoms with Crippen molar-refractivity contribution in [2.75, 3.05) is 6.61 Å². The monoisotopic (exact) mass is 336 g/mol. The Bertz CT molecular complexity index is 713. The molecule has 1 aromatic carbocycles. The fourth-order valence-corrected chi connectivity index (χ4v) is 2.21. The maximum atomic E-state index is 11.7. The smallest absolute Gasteiger partial charge is 0.347 e. The quantitative estimate of drug-likeness (QED) is 0.773. The molecule has 1 fully saturated rings. The Kier molecular flexibility index (Phi) is 4.57. The van der Waals surface area contributed by atoms with Gasteiger partial charge in [0.25, 0.3) is 0 Å². The van der Waals surface area contributed by atoms with Crippen molar-refractivity contribution >= 4 is 23.5 Å². The van der Waals surface area contributed by atoms with Crippen molar-refractivity contribution in [2.45, 2.75) is 25.4 Å². The van der Waals surface area contributed by atoms with Crippen LogP contribution >= 0.6 is 11.6 Å². The number of cyclic esters (lactones) is 1. The van der Waals surface area contributed by atoms with Gasteiger partial charge in [0, 0.05) is 23.4 Å². The summed E-state index contributed by atoms with van der Waals surface area (Å²) in [6.07, 6.45) is -0.117. The number of aromatic nitrogens is 2. The number of nitrogens with zero attached hydrogens (tertiary/aromatic N) is 2. The molecule has 7 nitrogen and oxygen atoms in total. The third-order valence-corrected chi connectivity index (χ3v) is 3.53. The van der Waals surface area contributed by atoms with Gasteiger partial charge in [0.15, 0.2) is 0 Å². The average molecular weight is 337 g/mol. The van der Waals surface area contributed by atoms with Crippen molar-refractivity contribution in [3.63, 3.8) is 0 Å². The van der Waals surface area contributed by atoms with Crippen molar-refractivity contribution in [3.05, 3.63) is 35.2 Å². The SMILES string of the molecule is O=C(CCc1nc(-c2ccc(Cl)cc2)no1)OC1CCOC1=O. The van der Waals surface area contributed by atoms with Gasteiger partial charge in [-0.1, -0.05) is 16.8 Å². The van der Waals surface area contributed by atoms with Crippen LogP contribution < -0.4 is 0 Å². The molecule has 1 unspecified atom stereocenters. The van der Waals surface area contributed by atoms with E-state index in [4.69, 9.17) is 25.6 Å². The third-order valence-electron chi connectivity index (χ3n) is 3.27. The summed E-state index contributed by atoms with van der Waals surface area (Å²) in [7, 11) is 0. The lowest BCUT2D eigenvalue weighted by atomic mass is 10.2. The molecule has 8 heteroatoms. The van der Waals surface area contributed by atoms with E-state index in [1.54, 1.807) is 24.3 Å². The fourth-order valence-electron chi connectivity index (χ4n) is 2.08. The number of esters is 2. The molecule has 1 saturated heterocycles. The first-order chi connectivity index (χ1) is 11.1. The molecule has 0 amide bonds. The van der Waals surface area contributed by atoms with E-state index < -0.39 is 18.0 Å². The molecule has 1 atom stereocenters.